The zero-order chi connectivity index (χ0) is 18.4. The number of para-hydroxylation sites is 2. The number of amides is 1. The summed E-state index contributed by atoms with van der Waals surface area (Å²) in [6, 6.07) is 16.0. The third-order valence-corrected chi connectivity index (χ3v) is 4.34. The first-order valence-electron chi connectivity index (χ1n) is 9.01. The largest absolute Gasteiger partial charge is 0.494 e. The van der Waals surface area contributed by atoms with E-state index >= 15 is 0 Å². The molecule has 0 saturated carbocycles. The van der Waals surface area contributed by atoms with Crippen LogP contribution in [0.25, 0.3) is 11.0 Å². The molecule has 0 spiro atoms. The first-order valence-corrected chi connectivity index (χ1v) is 9.01. The van der Waals surface area contributed by atoms with Crippen molar-refractivity contribution in [3.8, 4) is 5.75 Å². The van der Waals surface area contributed by atoms with Gasteiger partial charge < -0.3 is 14.6 Å². The van der Waals surface area contributed by atoms with Crippen LogP contribution in [-0.2, 0) is 11.3 Å². The fourth-order valence-corrected chi connectivity index (χ4v) is 2.93. The van der Waals surface area contributed by atoms with E-state index in [-0.39, 0.29) is 5.91 Å². The van der Waals surface area contributed by atoms with Crippen LogP contribution in [0.5, 0.6) is 5.75 Å². The van der Waals surface area contributed by atoms with Crippen LogP contribution in [0.15, 0.2) is 48.5 Å². The molecule has 0 fully saturated rings. The first-order chi connectivity index (χ1) is 12.6. The Morgan fingerprint density at radius 3 is 2.69 bits per heavy atom. The summed E-state index contributed by atoms with van der Waals surface area (Å²) in [7, 11) is 0. The minimum Gasteiger partial charge on any atom is -0.494 e. The van der Waals surface area contributed by atoms with Crippen molar-refractivity contribution in [1.29, 1.82) is 0 Å². The van der Waals surface area contributed by atoms with Crippen molar-refractivity contribution in [1.82, 2.24) is 14.9 Å². The number of aromatic nitrogens is 2. The van der Waals surface area contributed by atoms with Crippen LogP contribution in [0, 0.1) is 13.8 Å². The highest BCUT2D eigenvalue weighted by atomic mass is 16.5. The smallest absolute Gasteiger partial charge is 0.220 e. The Morgan fingerprint density at radius 2 is 1.88 bits per heavy atom. The van der Waals surface area contributed by atoms with Crippen molar-refractivity contribution in [2.24, 2.45) is 0 Å². The van der Waals surface area contributed by atoms with Crippen LogP contribution in [0.3, 0.4) is 0 Å². The van der Waals surface area contributed by atoms with E-state index in [2.05, 4.69) is 20.9 Å². The minimum absolute atomic E-state index is 0.0552. The molecule has 5 nitrogen and oxygen atoms in total. The van der Waals surface area contributed by atoms with Crippen molar-refractivity contribution in [3.63, 3.8) is 0 Å². The van der Waals surface area contributed by atoms with Crippen LogP contribution >= 0.6 is 0 Å². The Balaban J connectivity index is 1.37. The van der Waals surface area contributed by atoms with Gasteiger partial charge in [0.05, 0.1) is 17.6 Å². The summed E-state index contributed by atoms with van der Waals surface area (Å²) in [5, 5.41) is 2.98. The van der Waals surface area contributed by atoms with Gasteiger partial charge in [-0.2, -0.15) is 0 Å². The number of rotatable bonds is 8. The number of nitrogens with one attached hydrogen (secondary N) is 1. The Kier molecular flexibility index (Phi) is 5.89. The van der Waals surface area contributed by atoms with Gasteiger partial charge in [0.15, 0.2) is 0 Å². The maximum Gasteiger partial charge on any atom is 0.220 e. The Bertz CT molecular complexity index is 869. The van der Waals surface area contributed by atoms with E-state index in [1.807, 2.05) is 56.3 Å². The molecule has 136 valence electrons. The number of aryl methyl sites for hydroxylation is 2. The van der Waals surface area contributed by atoms with Gasteiger partial charge >= 0.3 is 0 Å². The molecule has 1 amide bonds. The average molecular weight is 351 g/mol. The number of ether oxygens (including phenoxy) is 1. The molecule has 0 bridgehead atoms. The van der Waals surface area contributed by atoms with Gasteiger partial charge in [0.2, 0.25) is 5.91 Å². The molecule has 5 heteroatoms. The topological polar surface area (TPSA) is 56.1 Å². The summed E-state index contributed by atoms with van der Waals surface area (Å²) in [5.74, 6) is 1.87. The third-order valence-electron chi connectivity index (χ3n) is 4.34. The molecule has 2 aromatic carbocycles. The number of benzene rings is 2. The number of imidazole rings is 1. The highest BCUT2D eigenvalue weighted by Crippen LogP contribution is 2.15. The summed E-state index contributed by atoms with van der Waals surface area (Å²) in [4.78, 5) is 16.5. The summed E-state index contributed by atoms with van der Waals surface area (Å²) < 4.78 is 7.78. The van der Waals surface area contributed by atoms with E-state index in [4.69, 9.17) is 4.74 Å². The van der Waals surface area contributed by atoms with Gasteiger partial charge in [0.25, 0.3) is 0 Å². The fourth-order valence-electron chi connectivity index (χ4n) is 2.93. The molecule has 3 rings (SSSR count). The van der Waals surface area contributed by atoms with E-state index in [0.29, 0.717) is 26.0 Å². The Labute approximate surface area is 154 Å². The van der Waals surface area contributed by atoms with Crippen molar-refractivity contribution in [3.05, 3.63) is 59.9 Å². The van der Waals surface area contributed by atoms with Gasteiger partial charge in [-0.3, -0.25) is 4.79 Å². The van der Waals surface area contributed by atoms with Gasteiger partial charge in [-0.1, -0.05) is 29.8 Å². The molecule has 3 aromatic rings. The summed E-state index contributed by atoms with van der Waals surface area (Å²) in [5.41, 5.74) is 3.30. The quantitative estimate of drug-likeness (QED) is 0.631. The lowest BCUT2D eigenvalue weighted by atomic mass is 10.2. The van der Waals surface area contributed by atoms with Crippen LogP contribution in [-0.4, -0.2) is 28.6 Å². The Hall–Kier alpha value is -2.82. The van der Waals surface area contributed by atoms with Gasteiger partial charge in [0, 0.05) is 19.5 Å². The normalized spacial score (nSPS) is 10.8. The molecule has 0 aliphatic carbocycles. The van der Waals surface area contributed by atoms with E-state index in [9.17, 15) is 4.79 Å². The lowest BCUT2D eigenvalue weighted by Crippen LogP contribution is -2.27. The second kappa shape index (κ2) is 8.52. The molecule has 0 unspecified atom stereocenters. The van der Waals surface area contributed by atoms with E-state index in [0.717, 1.165) is 29.2 Å². The van der Waals surface area contributed by atoms with Crippen molar-refractivity contribution in [2.75, 3.05) is 13.2 Å². The van der Waals surface area contributed by atoms with Gasteiger partial charge in [0.1, 0.15) is 11.6 Å². The van der Waals surface area contributed by atoms with E-state index in [1.165, 1.54) is 5.56 Å². The molecule has 0 radical (unpaired) electrons. The second-order valence-corrected chi connectivity index (χ2v) is 6.41. The van der Waals surface area contributed by atoms with Crippen molar-refractivity contribution < 1.29 is 9.53 Å². The Morgan fingerprint density at radius 1 is 1.12 bits per heavy atom. The van der Waals surface area contributed by atoms with E-state index < -0.39 is 0 Å². The predicted molar refractivity (Wildman–Crippen MR) is 103 cm³/mol. The summed E-state index contributed by atoms with van der Waals surface area (Å²) in [6.45, 7) is 5.89. The van der Waals surface area contributed by atoms with Gasteiger partial charge in [-0.15, -0.1) is 0 Å². The number of fused-ring (bicyclic) bond motifs is 1. The molecule has 0 saturated heterocycles. The van der Waals surface area contributed by atoms with Crippen LogP contribution in [0.4, 0.5) is 0 Å². The lowest BCUT2D eigenvalue weighted by Gasteiger charge is -2.09. The van der Waals surface area contributed by atoms with Crippen molar-refractivity contribution in [2.45, 2.75) is 33.2 Å². The summed E-state index contributed by atoms with van der Waals surface area (Å²) >= 11 is 0. The predicted octanol–water partition coefficient (Wildman–Crippen LogP) is 3.63. The zero-order valence-corrected chi connectivity index (χ0v) is 15.4. The van der Waals surface area contributed by atoms with Crippen LogP contribution < -0.4 is 10.1 Å². The maximum atomic E-state index is 12.0. The fraction of sp³-hybridized carbons (Fsp3) is 0.333. The van der Waals surface area contributed by atoms with Crippen LogP contribution in [0.2, 0.25) is 0 Å². The molecule has 0 atom stereocenters. The van der Waals surface area contributed by atoms with Gasteiger partial charge in [-0.25, -0.2) is 4.98 Å². The van der Waals surface area contributed by atoms with Crippen LogP contribution in [0.1, 0.15) is 24.2 Å². The number of carbonyl (C=O) groups excluding carboxylic acids is 1. The highest BCUT2D eigenvalue weighted by molar-refractivity contribution is 5.76. The zero-order valence-electron chi connectivity index (χ0n) is 15.4. The monoisotopic (exact) mass is 351 g/mol. The molecular formula is C21H25N3O2. The molecule has 0 aliphatic heterocycles. The summed E-state index contributed by atoms with van der Waals surface area (Å²) in [6.07, 6.45) is 1.17. The molecule has 26 heavy (non-hydrogen) atoms. The molecule has 1 heterocycles. The molecule has 0 aliphatic rings. The molecule has 1 aromatic heterocycles. The standard InChI is InChI=1S/C21H25N3O2/c1-16-9-11-18(12-10-16)26-15-5-8-21(25)22-13-14-24-17(2)23-19-6-3-4-7-20(19)24/h3-4,6-7,9-12H,5,8,13-15H2,1-2H3,(H,22,25). The molecule has 1 N–H and O–H groups in total. The number of hydrogen-bond donors (Lipinski definition) is 1. The first kappa shape index (κ1) is 18.0. The average Bonchev–Trinajstić information content (AvgIpc) is 2.96. The number of nitrogens with zero attached hydrogens (tertiary/aromatic N) is 2. The van der Waals surface area contributed by atoms with E-state index in [1.54, 1.807) is 0 Å². The molecular weight excluding hydrogens is 326 g/mol. The van der Waals surface area contributed by atoms with Gasteiger partial charge in [-0.05, 0) is 44.5 Å². The third kappa shape index (κ3) is 4.63. The second-order valence-electron chi connectivity index (χ2n) is 6.41. The lowest BCUT2D eigenvalue weighted by molar-refractivity contribution is -0.121. The highest BCUT2D eigenvalue weighted by Gasteiger charge is 2.07. The minimum atomic E-state index is 0.0552. The SMILES string of the molecule is Cc1ccc(OCCCC(=O)NCCn2c(C)nc3ccccc32)cc1. The number of carbonyl (C=O) groups is 1. The van der Waals surface area contributed by atoms with Crippen molar-refractivity contribution >= 4 is 16.9 Å². The maximum absolute atomic E-state index is 12.0. The number of hydrogen-bond acceptors (Lipinski definition) is 3.